The Labute approximate surface area is 139 Å². The number of rotatable bonds is 3. The number of carbonyl (C=O) groups is 2. The Balaban J connectivity index is 2.52. The van der Waals surface area contributed by atoms with E-state index in [1.807, 2.05) is 16.8 Å². The van der Waals surface area contributed by atoms with E-state index in [2.05, 4.69) is 0 Å². The molecule has 0 atom stereocenters. The summed E-state index contributed by atoms with van der Waals surface area (Å²) in [5.74, 6) is -1.75. The van der Waals surface area contributed by atoms with Crippen LogP contribution in [0.4, 0.5) is 0 Å². The molecule has 0 saturated heterocycles. The first-order valence-electron chi connectivity index (χ1n) is 6.55. The molecule has 0 spiro atoms. The van der Waals surface area contributed by atoms with Crippen LogP contribution in [-0.4, -0.2) is 31.3 Å². The highest BCUT2D eigenvalue weighted by molar-refractivity contribution is 7.18. The lowest BCUT2D eigenvalue weighted by Gasteiger charge is -2.14. The molecule has 23 heavy (non-hydrogen) atoms. The minimum absolute atomic E-state index is 0.0187. The van der Waals surface area contributed by atoms with Crippen molar-refractivity contribution in [3.63, 3.8) is 0 Å². The lowest BCUT2D eigenvalue weighted by molar-refractivity contribution is 0.0553. The first-order valence-corrected chi connectivity index (χ1v) is 8.37. The number of fused-ring (bicyclic) bond motifs is 1. The molecular formula is C16H12O5S2. The van der Waals surface area contributed by atoms with Crippen LogP contribution in [0, 0.1) is 0 Å². The third-order valence-electron chi connectivity index (χ3n) is 3.47. The van der Waals surface area contributed by atoms with Gasteiger partial charge in [-0.25, -0.2) is 9.59 Å². The van der Waals surface area contributed by atoms with E-state index >= 15 is 0 Å². The third kappa shape index (κ3) is 2.38. The van der Waals surface area contributed by atoms with Gasteiger partial charge in [-0.3, -0.25) is 0 Å². The maximum Gasteiger partial charge on any atom is 0.342 e. The number of thiophene rings is 2. The average molecular weight is 348 g/mol. The highest BCUT2D eigenvalue weighted by atomic mass is 32.1. The molecule has 5 nitrogen and oxygen atoms in total. The van der Waals surface area contributed by atoms with E-state index in [1.165, 1.54) is 36.9 Å². The molecule has 118 valence electrons. The number of benzene rings is 1. The maximum atomic E-state index is 12.4. The summed E-state index contributed by atoms with van der Waals surface area (Å²) in [6.07, 6.45) is 0. The van der Waals surface area contributed by atoms with Gasteiger partial charge in [-0.1, -0.05) is 0 Å². The summed E-state index contributed by atoms with van der Waals surface area (Å²) in [6, 6.07) is 3.56. The summed E-state index contributed by atoms with van der Waals surface area (Å²) in [5.41, 5.74) is 1.20. The number of hydrogen-bond donors (Lipinski definition) is 1. The summed E-state index contributed by atoms with van der Waals surface area (Å²) < 4.78 is 10.3. The van der Waals surface area contributed by atoms with E-state index in [4.69, 9.17) is 9.47 Å². The minimum atomic E-state index is -0.785. The first kappa shape index (κ1) is 15.5. The minimum Gasteiger partial charge on any atom is -0.506 e. The summed E-state index contributed by atoms with van der Waals surface area (Å²) in [5, 5.41) is 16.5. The molecule has 7 heteroatoms. The smallest absolute Gasteiger partial charge is 0.342 e. The number of methoxy groups -OCH3 is 2. The molecule has 0 aliphatic carbocycles. The first-order chi connectivity index (χ1) is 11.1. The monoisotopic (exact) mass is 348 g/mol. The van der Waals surface area contributed by atoms with Crippen LogP contribution < -0.4 is 0 Å². The second-order valence-electron chi connectivity index (χ2n) is 4.63. The normalized spacial score (nSPS) is 10.7. The highest BCUT2D eigenvalue weighted by Gasteiger charge is 2.30. The van der Waals surface area contributed by atoms with Crippen molar-refractivity contribution in [1.29, 1.82) is 0 Å². The standard InChI is InChI=1S/C16H12O5S2/c1-20-15(18)11-10(8-3-5-22-7-8)14-9(4-6-23-14)13(17)12(11)16(19)21-2/h3-7,17H,1-2H3. The Morgan fingerprint density at radius 1 is 1.04 bits per heavy atom. The molecule has 1 N–H and O–H groups in total. The van der Waals surface area contributed by atoms with Crippen molar-refractivity contribution in [2.75, 3.05) is 14.2 Å². The van der Waals surface area contributed by atoms with Gasteiger partial charge < -0.3 is 14.6 Å². The summed E-state index contributed by atoms with van der Waals surface area (Å²) >= 11 is 2.85. The highest BCUT2D eigenvalue weighted by Crippen LogP contribution is 2.44. The summed E-state index contributed by atoms with van der Waals surface area (Å²) in [6.45, 7) is 0. The molecule has 0 aliphatic rings. The van der Waals surface area contributed by atoms with E-state index in [9.17, 15) is 14.7 Å². The van der Waals surface area contributed by atoms with Gasteiger partial charge in [0, 0.05) is 15.6 Å². The predicted molar refractivity (Wildman–Crippen MR) is 89.5 cm³/mol. The molecule has 0 amide bonds. The molecule has 0 saturated carbocycles. The molecule has 2 heterocycles. The maximum absolute atomic E-state index is 12.4. The van der Waals surface area contributed by atoms with E-state index in [1.54, 1.807) is 11.4 Å². The number of carbonyl (C=O) groups excluding carboxylic acids is 2. The van der Waals surface area contributed by atoms with E-state index in [0.29, 0.717) is 15.6 Å². The van der Waals surface area contributed by atoms with Crippen molar-refractivity contribution >= 4 is 44.7 Å². The molecule has 0 bridgehead atoms. The quantitative estimate of drug-likeness (QED) is 0.727. The lowest BCUT2D eigenvalue weighted by atomic mass is 9.94. The number of phenols is 1. The van der Waals surface area contributed by atoms with Crippen molar-refractivity contribution in [3.8, 4) is 16.9 Å². The van der Waals surface area contributed by atoms with Crippen LogP contribution in [0.25, 0.3) is 21.2 Å². The lowest BCUT2D eigenvalue weighted by Crippen LogP contribution is -2.14. The summed E-state index contributed by atoms with van der Waals surface area (Å²) in [7, 11) is 2.43. The van der Waals surface area contributed by atoms with Crippen LogP contribution in [-0.2, 0) is 9.47 Å². The molecule has 0 radical (unpaired) electrons. The third-order valence-corrected chi connectivity index (χ3v) is 5.09. The molecule has 0 aliphatic heterocycles. The van der Waals surface area contributed by atoms with Gasteiger partial charge in [-0.05, 0) is 33.8 Å². The van der Waals surface area contributed by atoms with Gasteiger partial charge >= 0.3 is 11.9 Å². The van der Waals surface area contributed by atoms with E-state index in [0.717, 1.165) is 5.56 Å². The van der Waals surface area contributed by atoms with Gasteiger partial charge in [0.05, 0.1) is 19.8 Å². The topological polar surface area (TPSA) is 72.8 Å². The number of aromatic hydroxyl groups is 1. The second kappa shape index (κ2) is 6.02. The van der Waals surface area contributed by atoms with Gasteiger partial charge in [-0.2, -0.15) is 11.3 Å². The Bertz CT molecular complexity index is 893. The Morgan fingerprint density at radius 2 is 1.74 bits per heavy atom. The Hall–Kier alpha value is -2.38. The fourth-order valence-corrected chi connectivity index (χ4v) is 4.09. The van der Waals surface area contributed by atoms with E-state index in [-0.39, 0.29) is 16.9 Å². The molecule has 0 fully saturated rings. The van der Waals surface area contributed by atoms with Crippen LogP contribution in [0.3, 0.4) is 0 Å². The van der Waals surface area contributed by atoms with Crippen LogP contribution >= 0.6 is 22.7 Å². The Kier molecular flexibility index (Phi) is 4.06. The molecule has 3 rings (SSSR count). The number of hydrogen-bond acceptors (Lipinski definition) is 7. The predicted octanol–water partition coefficient (Wildman–Crippen LogP) is 3.91. The van der Waals surface area contributed by atoms with E-state index < -0.39 is 11.9 Å². The van der Waals surface area contributed by atoms with Gasteiger partial charge in [0.2, 0.25) is 0 Å². The number of ether oxygens (including phenoxy) is 2. The van der Waals surface area contributed by atoms with Crippen LogP contribution in [0.15, 0.2) is 28.3 Å². The largest absolute Gasteiger partial charge is 0.506 e. The second-order valence-corrected chi connectivity index (χ2v) is 6.33. The van der Waals surface area contributed by atoms with Gasteiger partial charge in [0.15, 0.2) is 0 Å². The zero-order valence-electron chi connectivity index (χ0n) is 12.3. The van der Waals surface area contributed by atoms with Crippen LogP contribution in [0.1, 0.15) is 20.7 Å². The van der Waals surface area contributed by atoms with Crippen molar-refractivity contribution in [3.05, 3.63) is 39.4 Å². The fraction of sp³-hybridized carbons (Fsp3) is 0.125. The molecule has 0 unspecified atom stereocenters. The van der Waals surface area contributed by atoms with Crippen molar-refractivity contribution in [2.45, 2.75) is 0 Å². The molecule has 3 aromatic rings. The summed E-state index contributed by atoms with van der Waals surface area (Å²) in [4.78, 5) is 24.5. The van der Waals surface area contributed by atoms with Gasteiger partial charge in [0.1, 0.15) is 11.3 Å². The molecule has 2 aromatic heterocycles. The molecular weight excluding hydrogens is 336 g/mol. The van der Waals surface area contributed by atoms with Crippen molar-refractivity contribution in [2.24, 2.45) is 0 Å². The van der Waals surface area contributed by atoms with Crippen LogP contribution in [0.5, 0.6) is 5.75 Å². The zero-order valence-corrected chi connectivity index (χ0v) is 13.9. The number of esters is 2. The zero-order chi connectivity index (χ0) is 16.6. The Morgan fingerprint density at radius 3 is 2.35 bits per heavy atom. The van der Waals surface area contributed by atoms with Gasteiger partial charge in [-0.15, -0.1) is 11.3 Å². The van der Waals surface area contributed by atoms with Gasteiger partial charge in [0.25, 0.3) is 0 Å². The van der Waals surface area contributed by atoms with Crippen molar-refractivity contribution in [1.82, 2.24) is 0 Å². The number of phenolic OH excluding ortho intramolecular Hbond substituents is 1. The SMILES string of the molecule is COC(=O)c1c(C(=O)OC)c(-c2ccsc2)c2sccc2c1O. The van der Waals surface area contributed by atoms with Crippen LogP contribution in [0.2, 0.25) is 0 Å². The molecule has 1 aromatic carbocycles. The fourth-order valence-electron chi connectivity index (χ4n) is 2.47. The van der Waals surface area contributed by atoms with Crippen molar-refractivity contribution < 1.29 is 24.2 Å². The average Bonchev–Trinajstić information content (AvgIpc) is 3.24.